The van der Waals surface area contributed by atoms with E-state index in [1.807, 2.05) is 18.4 Å². The zero-order valence-corrected chi connectivity index (χ0v) is 13.4. The maximum Gasteiger partial charge on any atom is 0.317 e. The second-order valence-electron chi connectivity index (χ2n) is 5.67. The van der Waals surface area contributed by atoms with E-state index in [9.17, 15) is 9.18 Å². The lowest BCUT2D eigenvalue weighted by molar-refractivity contribution is 0.205. The van der Waals surface area contributed by atoms with Gasteiger partial charge in [-0.1, -0.05) is 12.1 Å². The molecule has 1 aliphatic rings. The number of benzene rings is 1. The number of halogens is 1. The minimum atomic E-state index is -0.231. The molecule has 1 heterocycles. The largest absolute Gasteiger partial charge is 0.335 e. The minimum Gasteiger partial charge on any atom is -0.335 e. The Balaban J connectivity index is 1.52. The Morgan fingerprint density at radius 1 is 1.55 bits per heavy atom. The standard InChI is InChI=1S/C16H18FN3OS/c1-10-18-13(9-22-10)8-20(2)16(21)19-15-7-14(15)11-4-3-5-12(17)6-11/h3-6,9,14-15H,7-8H2,1-2H3,(H,19,21)/t14-,15+/m0/s1. The summed E-state index contributed by atoms with van der Waals surface area (Å²) in [7, 11) is 1.75. The molecule has 0 bridgehead atoms. The fourth-order valence-electron chi connectivity index (χ4n) is 2.52. The number of amides is 2. The van der Waals surface area contributed by atoms with E-state index < -0.39 is 0 Å². The molecule has 4 nitrogen and oxygen atoms in total. The van der Waals surface area contributed by atoms with Crippen molar-refractivity contribution in [2.24, 2.45) is 0 Å². The van der Waals surface area contributed by atoms with Crippen molar-refractivity contribution < 1.29 is 9.18 Å². The van der Waals surface area contributed by atoms with E-state index in [2.05, 4.69) is 10.3 Å². The Bertz CT molecular complexity index is 688. The molecule has 0 spiro atoms. The lowest BCUT2D eigenvalue weighted by atomic mass is 10.1. The average molecular weight is 319 g/mol. The zero-order chi connectivity index (χ0) is 15.7. The summed E-state index contributed by atoms with van der Waals surface area (Å²) in [4.78, 5) is 18.1. The summed E-state index contributed by atoms with van der Waals surface area (Å²) in [5, 5.41) is 5.95. The quantitative estimate of drug-likeness (QED) is 0.940. The third-order valence-electron chi connectivity index (χ3n) is 3.79. The van der Waals surface area contributed by atoms with Gasteiger partial charge in [0.15, 0.2) is 0 Å². The van der Waals surface area contributed by atoms with Crippen LogP contribution in [0, 0.1) is 12.7 Å². The monoisotopic (exact) mass is 319 g/mol. The van der Waals surface area contributed by atoms with Gasteiger partial charge in [0.1, 0.15) is 5.82 Å². The summed E-state index contributed by atoms with van der Waals surface area (Å²) in [6.07, 6.45) is 0.860. The molecule has 3 rings (SSSR count). The van der Waals surface area contributed by atoms with Gasteiger partial charge < -0.3 is 10.2 Å². The molecule has 2 amide bonds. The van der Waals surface area contributed by atoms with Gasteiger partial charge in [-0.15, -0.1) is 11.3 Å². The van der Waals surface area contributed by atoms with Crippen LogP contribution in [-0.2, 0) is 6.54 Å². The molecule has 2 aromatic rings. The van der Waals surface area contributed by atoms with Gasteiger partial charge in [-0.05, 0) is 31.0 Å². The fourth-order valence-corrected chi connectivity index (χ4v) is 3.13. The van der Waals surface area contributed by atoms with Crippen LogP contribution in [0.3, 0.4) is 0 Å². The van der Waals surface area contributed by atoms with Crippen molar-refractivity contribution in [1.29, 1.82) is 0 Å². The van der Waals surface area contributed by atoms with E-state index in [4.69, 9.17) is 0 Å². The van der Waals surface area contributed by atoms with Crippen LogP contribution in [0.5, 0.6) is 0 Å². The van der Waals surface area contributed by atoms with E-state index >= 15 is 0 Å². The summed E-state index contributed by atoms with van der Waals surface area (Å²) < 4.78 is 13.2. The smallest absolute Gasteiger partial charge is 0.317 e. The molecule has 1 aliphatic carbocycles. The number of carbonyl (C=O) groups excluding carboxylic acids is 1. The summed E-state index contributed by atoms with van der Waals surface area (Å²) >= 11 is 1.58. The molecule has 0 aliphatic heterocycles. The highest BCUT2D eigenvalue weighted by Gasteiger charge is 2.40. The van der Waals surface area contributed by atoms with Crippen molar-refractivity contribution in [3.8, 4) is 0 Å². The van der Waals surface area contributed by atoms with E-state index in [1.54, 1.807) is 35.4 Å². The van der Waals surface area contributed by atoms with Crippen molar-refractivity contribution >= 4 is 17.4 Å². The molecule has 0 radical (unpaired) electrons. The highest BCUT2D eigenvalue weighted by molar-refractivity contribution is 7.09. The minimum absolute atomic E-state index is 0.0916. The third-order valence-corrected chi connectivity index (χ3v) is 4.61. The second-order valence-corrected chi connectivity index (χ2v) is 6.73. The first-order valence-electron chi connectivity index (χ1n) is 7.21. The van der Waals surface area contributed by atoms with Crippen LogP contribution in [0.2, 0.25) is 0 Å². The molecule has 2 atom stereocenters. The maximum absolute atomic E-state index is 13.2. The van der Waals surface area contributed by atoms with Crippen molar-refractivity contribution in [1.82, 2.24) is 15.2 Å². The summed E-state index contributed by atoms with van der Waals surface area (Å²) in [5.41, 5.74) is 1.85. The molecule has 1 aromatic carbocycles. The number of aryl methyl sites for hydroxylation is 1. The van der Waals surface area contributed by atoms with E-state index in [-0.39, 0.29) is 23.8 Å². The normalized spacial score (nSPS) is 19.8. The average Bonchev–Trinajstić information content (AvgIpc) is 3.12. The fraction of sp³-hybridized carbons (Fsp3) is 0.375. The highest BCUT2D eigenvalue weighted by atomic mass is 32.1. The van der Waals surface area contributed by atoms with Gasteiger partial charge in [0.05, 0.1) is 17.2 Å². The Labute approximate surface area is 133 Å². The van der Waals surface area contributed by atoms with E-state index in [1.165, 1.54) is 6.07 Å². The number of carbonyl (C=O) groups is 1. The van der Waals surface area contributed by atoms with Crippen molar-refractivity contribution in [2.75, 3.05) is 7.05 Å². The predicted octanol–water partition coefficient (Wildman–Crippen LogP) is 3.29. The third kappa shape index (κ3) is 3.44. The van der Waals surface area contributed by atoms with Gasteiger partial charge >= 0.3 is 6.03 Å². The number of hydrogen-bond donors (Lipinski definition) is 1. The molecular weight excluding hydrogens is 301 g/mol. The number of nitrogens with zero attached hydrogens (tertiary/aromatic N) is 2. The molecule has 0 saturated heterocycles. The topological polar surface area (TPSA) is 45.2 Å². The SMILES string of the molecule is Cc1nc(CN(C)C(=O)N[C@@H]2C[C@H]2c2cccc(F)c2)cs1. The summed E-state index contributed by atoms with van der Waals surface area (Å²) in [5.74, 6) is -0.0138. The van der Waals surface area contributed by atoms with Crippen molar-refractivity contribution in [3.05, 3.63) is 51.7 Å². The van der Waals surface area contributed by atoms with Gasteiger partial charge in [0.2, 0.25) is 0 Å². The Morgan fingerprint density at radius 2 is 2.36 bits per heavy atom. The molecule has 1 N–H and O–H groups in total. The molecule has 0 unspecified atom stereocenters. The first-order valence-corrected chi connectivity index (χ1v) is 8.09. The number of hydrogen-bond acceptors (Lipinski definition) is 3. The van der Waals surface area contributed by atoms with E-state index in [0.29, 0.717) is 6.54 Å². The molecule has 1 aromatic heterocycles. The molecule has 1 fully saturated rings. The number of nitrogens with one attached hydrogen (secondary N) is 1. The number of urea groups is 1. The van der Waals surface area contributed by atoms with Crippen LogP contribution in [0.25, 0.3) is 0 Å². The van der Waals surface area contributed by atoms with Crippen molar-refractivity contribution in [2.45, 2.75) is 31.8 Å². The van der Waals surface area contributed by atoms with Gasteiger partial charge in [-0.25, -0.2) is 14.2 Å². The molecule has 22 heavy (non-hydrogen) atoms. The lowest BCUT2D eigenvalue weighted by Crippen LogP contribution is -2.38. The number of aromatic nitrogens is 1. The van der Waals surface area contributed by atoms with E-state index in [0.717, 1.165) is 22.7 Å². The number of rotatable bonds is 4. The van der Waals surface area contributed by atoms with Crippen LogP contribution in [0.4, 0.5) is 9.18 Å². The number of thiazole rings is 1. The maximum atomic E-state index is 13.2. The first-order chi connectivity index (χ1) is 10.5. The molecule has 116 valence electrons. The Hall–Kier alpha value is -1.95. The van der Waals surface area contributed by atoms with Crippen LogP contribution < -0.4 is 5.32 Å². The Morgan fingerprint density at radius 3 is 3.05 bits per heavy atom. The molecule has 6 heteroatoms. The van der Waals surface area contributed by atoms with Gasteiger partial charge in [0, 0.05) is 24.4 Å². The van der Waals surface area contributed by atoms with Gasteiger partial charge in [-0.3, -0.25) is 0 Å². The Kier molecular flexibility index (Phi) is 4.11. The lowest BCUT2D eigenvalue weighted by Gasteiger charge is -2.17. The van der Waals surface area contributed by atoms with Crippen molar-refractivity contribution in [3.63, 3.8) is 0 Å². The highest BCUT2D eigenvalue weighted by Crippen LogP contribution is 2.40. The van der Waals surface area contributed by atoms with Crippen LogP contribution in [-0.4, -0.2) is 29.0 Å². The zero-order valence-electron chi connectivity index (χ0n) is 12.5. The second kappa shape index (κ2) is 6.04. The van der Waals surface area contributed by atoms with Crippen LogP contribution >= 0.6 is 11.3 Å². The predicted molar refractivity (Wildman–Crippen MR) is 84.4 cm³/mol. The van der Waals surface area contributed by atoms with Crippen LogP contribution in [0.15, 0.2) is 29.6 Å². The summed E-state index contributed by atoms with van der Waals surface area (Å²) in [6.45, 7) is 2.44. The first kappa shape index (κ1) is 15.0. The molecular formula is C16H18FN3OS. The van der Waals surface area contributed by atoms with Gasteiger partial charge in [0.25, 0.3) is 0 Å². The van der Waals surface area contributed by atoms with Gasteiger partial charge in [-0.2, -0.15) is 0 Å². The molecule has 1 saturated carbocycles. The van der Waals surface area contributed by atoms with Crippen LogP contribution in [0.1, 0.15) is 28.6 Å². The summed E-state index contributed by atoms with van der Waals surface area (Å²) in [6, 6.07) is 6.56.